The van der Waals surface area contributed by atoms with E-state index in [0.717, 1.165) is 56.5 Å². The Balaban J connectivity index is 0.000000413. The molecule has 134 valence electrons. The van der Waals surface area contributed by atoms with Gasteiger partial charge in [-0.25, -0.2) is 9.59 Å². The van der Waals surface area contributed by atoms with E-state index in [2.05, 4.69) is 10.2 Å². The highest BCUT2D eigenvalue weighted by atomic mass is 35.5. The molecular weight excluding hydrogens is 359 g/mol. The maximum absolute atomic E-state index is 9.10. The summed E-state index contributed by atoms with van der Waals surface area (Å²) in [6, 6.07) is 5.61. The number of carboxylic acids is 2. The minimum Gasteiger partial charge on any atom is -0.473 e. The normalized spacial score (nSPS) is 14.6. The lowest BCUT2D eigenvalue weighted by Gasteiger charge is -2.26. The fourth-order valence-electron chi connectivity index (χ4n) is 1.95. The third kappa shape index (κ3) is 8.47. The summed E-state index contributed by atoms with van der Waals surface area (Å²) in [5.41, 5.74) is 1.09. The van der Waals surface area contributed by atoms with Crippen molar-refractivity contribution >= 4 is 35.1 Å². The Morgan fingerprint density at radius 1 is 1.17 bits per heavy atom. The number of hydrogen-bond acceptors (Lipinski definition) is 5. The third-order valence-corrected chi connectivity index (χ3v) is 3.81. The van der Waals surface area contributed by atoms with Gasteiger partial charge in [-0.05, 0) is 17.7 Å². The molecular formula is C15H20Cl2N2O5. The number of ether oxygens (including phenoxy) is 1. The van der Waals surface area contributed by atoms with E-state index in [-0.39, 0.29) is 0 Å². The molecule has 0 bridgehead atoms. The van der Waals surface area contributed by atoms with Gasteiger partial charge in [0, 0.05) is 42.8 Å². The molecule has 24 heavy (non-hydrogen) atoms. The maximum atomic E-state index is 9.10. The van der Waals surface area contributed by atoms with E-state index >= 15 is 0 Å². The first-order valence-electron chi connectivity index (χ1n) is 7.31. The highest BCUT2D eigenvalue weighted by Crippen LogP contribution is 2.20. The molecule has 1 saturated heterocycles. The Bertz CT molecular complexity index is 539. The average Bonchev–Trinajstić information content (AvgIpc) is 2.54. The first kappa shape index (κ1) is 20.7. The van der Waals surface area contributed by atoms with Crippen LogP contribution in [0.2, 0.25) is 10.0 Å². The molecule has 0 unspecified atom stereocenters. The van der Waals surface area contributed by atoms with Gasteiger partial charge in [0.2, 0.25) is 0 Å². The number of carbonyl (C=O) groups is 2. The van der Waals surface area contributed by atoms with Crippen LogP contribution in [-0.4, -0.2) is 66.4 Å². The van der Waals surface area contributed by atoms with Crippen LogP contribution in [0.15, 0.2) is 18.2 Å². The van der Waals surface area contributed by atoms with Gasteiger partial charge >= 0.3 is 11.9 Å². The standard InChI is InChI=1S/C13H18Cl2N2O.C2H2O4/c14-12-2-1-11(13(15)9-12)10-16-3-4-17-5-7-18-8-6-17;3-1(4)2(5)6/h1-2,9,16H,3-8,10H2;(H,3,4)(H,5,6). The van der Waals surface area contributed by atoms with Crippen molar-refractivity contribution in [1.29, 1.82) is 0 Å². The molecule has 0 amide bonds. The van der Waals surface area contributed by atoms with Crippen molar-refractivity contribution in [3.63, 3.8) is 0 Å². The van der Waals surface area contributed by atoms with Crippen LogP contribution in [0, 0.1) is 0 Å². The van der Waals surface area contributed by atoms with Crippen molar-refractivity contribution in [2.75, 3.05) is 39.4 Å². The Hall–Kier alpha value is -1.38. The molecule has 3 N–H and O–H groups in total. The molecule has 9 heteroatoms. The van der Waals surface area contributed by atoms with E-state index in [0.29, 0.717) is 5.02 Å². The van der Waals surface area contributed by atoms with Crippen LogP contribution < -0.4 is 5.32 Å². The molecule has 1 heterocycles. The van der Waals surface area contributed by atoms with Crippen LogP contribution >= 0.6 is 23.2 Å². The Kier molecular flexibility index (Phi) is 9.66. The molecule has 7 nitrogen and oxygen atoms in total. The monoisotopic (exact) mass is 378 g/mol. The fourth-order valence-corrected chi connectivity index (χ4v) is 2.43. The number of nitrogens with one attached hydrogen (secondary N) is 1. The van der Waals surface area contributed by atoms with Gasteiger partial charge in [-0.3, -0.25) is 4.90 Å². The molecule has 2 rings (SSSR count). The Morgan fingerprint density at radius 3 is 2.33 bits per heavy atom. The average molecular weight is 379 g/mol. The summed E-state index contributed by atoms with van der Waals surface area (Å²) < 4.78 is 5.31. The summed E-state index contributed by atoms with van der Waals surface area (Å²) in [6.07, 6.45) is 0. The minimum atomic E-state index is -1.82. The van der Waals surface area contributed by atoms with Crippen molar-refractivity contribution < 1.29 is 24.5 Å². The van der Waals surface area contributed by atoms with E-state index in [1.807, 2.05) is 12.1 Å². The van der Waals surface area contributed by atoms with Crippen LogP contribution in [-0.2, 0) is 20.9 Å². The van der Waals surface area contributed by atoms with Crippen molar-refractivity contribution in [3.05, 3.63) is 33.8 Å². The van der Waals surface area contributed by atoms with Gasteiger partial charge in [-0.2, -0.15) is 0 Å². The first-order chi connectivity index (χ1) is 11.4. The first-order valence-corrected chi connectivity index (χ1v) is 8.06. The predicted octanol–water partition coefficient (Wildman–Crippen LogP) is 1.57. The molecule has 1 aromatic rings. The molecule has 0 aromatic heterocycles. The molecule has 1 aliphatic heterocycles. The topological polar surface area (TPSA) is 99.1 Å². The van der Waals surface area contributed by atoms with Crippen molar-refractivity contribution in [1.82, 2.24) is 10.2 Å². The molecule has 1 fully saturated rings. The van der Waals surface area contributed by atoms with Crippen LogP contribution in [0.5, 0.6) is 0 Å². The number of carboxylic acid groups (broad SMARTS) is 2. The molecule has 0 aliphatic carbocycles. The van der Waals surface area contributed by atoms with Crippen molar-refractivity contribution in [2.24, 2.45) is 0 Å². The van der Waals surface area contributed by atoms with E-state index < -0.39 is 11.9 Å². The number of halogens is 2. The largest absolute Gasteiger partial charge is 0.473 e. The van der Waals surface area contributed by atoms with Crippen LogP contribution in [0.25, 0.3) is 0 Å². The lowest BCUT2D eigenvalue weighted by molar-refractivity contribution is -0.159. The van der Waals surface area contributed by atoms with E-state index in [4.69, 9.17) is 47.7 Å². The molecule has 0 radical (unpaired) electrons. The lowest BCUT2D eigenvalue weighted by atomic mass is 10.2. The van der Waals surface area contributed by atoms with Crippen LogP contribution in [0.3, 0.4) is 0 Å². The molecule has 0 saturated carbocycles. The quantitative estimate of drug-likeness (QED) is 0.528. The van der Waals surface area contributed by atoms with Crippen molar-refractivity contribution in [2.45, 2.75) is 6.54 Å². The summed E-state index contributed by atoms with van der Waals surface area (Å²) in [5, 5.41) is 19.6. The number of aliphatic carboxylic acids is 2. The third-order valence-electron chi connectivity index (χ3n) is 3.22. The van der Waals surface area contributed by atoms with Gasteiger partial charge in [0.05, 0.1) is 13.2 Å². The Morgan fingerprint density at radius 2 is 1.79 bits per heavy atom. The van der Waals surface area contributed by atoms with E-state index in [9.17, 15) is 0 Å². The van der Waals surface area contributed by atoms with Gasteiger partial charge in [0.1, 0.15) is 0 Å². The minimum absolute atomic E-state index is 0.678. The van der Waals surface area contributed by atoms with Crippen LogP contribution in [0.1, 0.15) is 5.56 Å². The number of hydrogen-bond donors (Lipinski definition) is 3. The summed E-state index contributed by atoms with van der Waals surface area (Å²) in [6.45, 7) is 6.55. The number of rotatable bonds is 5. The van der Waals surface area contributed by atoms with Crippen molar-refractivity contribution in [3.8, 4) is 0 Å². The fraction of sp³-hybridized carbons (Fsp3) is 0.467. The summed E-state index contributed by atoms with van der Waals surface area (Å²) in [7, 11) is 0. The second-order valence-corrected chi connectivity index (χ2v) is 5.82. The predicted molar refractivity (Wildman–Crippen MR) is 90.7 cm³/mol. The number of nitrogens with zero attached hydrogens (tertiary/aromatic N) is 1. The van der Waals surface area contributed by atoms with Gasteiger partial charge in [0.15, 0.2) is 0 Å². The molecule has 1 aromatic carbocycles. The second kappa shape index (κ2) is 11.2. The van der Waals surface area contributed by atoms with E-state index in [1.165, 1.54) is 0 Å². The summed E-state index contributed by atoms with van der Waals surface area (Å²) >= 11 is 12.0. The van der Waals surface area contributed by atoms with E-state index in [1.54, 1.807) is 6.07 Å². The SMILES string of the molecule is Clc1ccc(CNCCN2CCOCC2)c(Cl)c1.O=C(O)C(=O)O. The van der Waals surface area contributed by atoms with Gasteiger partial charge in [-0.1, -0.05) is 29.3 Å². The van der Waals surface area contributed by atoms with Gasteiger partial charge in [-0.15, -0.1) is 0 Å². The highest BCUT2D eigenvalue weighted by Gasteiger charge is 2.09. The number of morpholine rings is 1. The zero-order valence-electron chi connectivity index (χ0n) is 13.0. The lowest BCUT2D eigenvalue weighted by Crippen LogP contribution is -2.40. The molecule has 0 spiro atoms. The summed E-state index contributed by atoms with van der Waals surface area (Å²) in [5.74, 6) is -3.65. The van der Waals surface area contributed by atoms with Gasteiger partial charge in [0.25, 0.3) is 0 Å². The van der Waals surface area contributed by atoms with Gasteiger partial charge < -0.3 is 20.3 Å². The zero-order valence-corrected chi connectivity index (χ0v) is 14.5. The highest BCUT2D eigenvalue weighted by molar-refractivity contribution is 6.35. The molecule has 0 atom stereocenters. The summed E-state index contributed by atoms with van der Waals surface area (Å²) in [4.78, 5) is 20.6. The zero-order chi connectivity index (χ0) is 17.9. The molecule has 1 aliphatic rings. The van der Waals surface area contributed by atoms with Crippen LogP contribution in [0.4, 0.5) is 0 Å². The maximum Gasteiger partial charge on any atom is 0.414 e. The Labute approximate surface area is 150 Å². The number of benzene rings is 1. The smallest absolute Gasteiger partial charge is 0.414 e. The second-order valence-electron chi connectivity index (χ2n) is 4.98.